The van der Waals surface area contributed by atoms with Crippen LogP contribution in [0, 0.1) is 28.5 Å². The van der Waals surface area contributed by atoms with Gasteiger partial charge in [0.15, 0.2) is 0 Å². The summed E-state index contributed by atoms with van der Waals surface area (Å²) in [5.41, 5.74) is 1.85. The van der Waals surface area contributed by atoms with Gasteiger partial charge in [-0.2, -0.15) is 10.5 Å². The number of rotatable bonds is 2. The van der Waals surface area contributed by atoms with Gasteiger partial charge in [0.2, 0.25) is 0 Å². The molecule has 6 heteroatoms. The van der Waals surface area contributed by atoms with E-state index in [-0.39, 0.29) is 5.02 Å². The normalized spacial score (nSPS) is 9.54. The molecule has 0 heterocycles. The first-order valence-electron chi connectivity index (χ1n) is 7.07. The summed E-state index contributed by atoms with van der Waals surface area (Å²) in [4.78, 5) is 2.10. The Morgan fingerprint density at radius 3 is 1.88 bits per heavy atom. The van der Waals surface area contributed by atoms with E-state index in [9.17, 15) is 4.39 Å². The van der Waals surface area contributed by atoms with Crippen molar-refractivity contribution in [2.24, 2.45) is 0 Å². The first-order chi connectivity index (χ1) is 11.3. The topological polar surface area (TPSA) is 50.8 Å². The van der Waals surface area contributed by atoms with Crippen molar-refractivity contribution in [3.05, 3.63) is 63.4 Å². The van der Waals surface area contributed by atoms with Crippen LogP contribution in [0.2, 0.25) is 10.0 Å². The zero-order valence-electron chi connectivity index (χ0n) is 13.5. The minimum atomic E-state index is -0.427. The highest BCUT2D eigenvalue weighted by Crippen LogP contribution is 2.23. The summed E-state index contributed by atoms with van der Waals surface area (Å²) in [6.07, 6.45) is 0. The fraction of sp³-hybridized carbons (Fsp3) is 0.222. The van der Waals surface area contributed by atoms with Gasteiger partial charge in [-0.05, 0) is 50.2 Å². The van der Waals surface area contributed by atoms with Crippen molar-refractivity contribution in [1.29, 1.82) is 10.5 Å². The molecule has 0 atom stereocenters. The lowest BCUT2D eigenvalue weighted by atomic mass is 10.2. The van der Waals surface area contributed by atoms with E-state index in [1.54, 1.807) is 6.07 Å². The van der Waals surface area contributed by atoms with Gasteiger partial charge in [0.25, 0.3) is 0 Å². The summed E-state index contributed by atoms with van der Waals surface area (Å²) < 4.78 is 12.3. The third-order valence-electron chi connectivity index (χ3n) is 3.31. The van der Waals surface area contributed by atoms with E-state index in [0.717, 1.165) is 11.8 Å². The van der Waals surface area contributed by atoms with Crippen LogP contribution in [0.3, 0.4) is 0 Å². The molecule has 0 amide bonds. The van der Waals surface area contributed by atoms with Crippen LogP contribution in [0.4, 0.5) is 10.1 Å². The van der Waals surface area contributed by atoms with E-state index in [2.05, 4.69) is 18.7 Å². The smallest absolute Gasteiger partial charge is 0.124 e. The summed E-state index contributed by atoms with van der Waals surface area (Å²) in [6, 6.07) is 13.4. The summed E-state index contributed by atoms with van der Waals surface area (Å²) in [7, 11) is 2.00. The predicted molar refractivity (Wildman–Crippen MR) is 95.8 cm³/mol. The van der Waals surface area contributed by atoms with Gasteiger partial charge in [-0.15, -0.1) is 0 Å². The van der Waals surface area contributed by atoms with E-state index in [1.165, 1.54) is 12.1 Å². The van der Waals surface area contributed by atoms with Crippen LogP contribution in [-0.2, 0) is 0 Å². The molecule has 0 aliphatic rings. The molecule has 2 aromatic rings. The molecule has 0 saturated heterocycles. The number of halogens is 3. The summed E-state index contributed by atoms with van der Waals surface area (Å²) in [5, 5.41) is 17.7. The van der Waals surface area contributed by atoms with Gasteiger partial charge < -0.3 is 4.90 Å². The second-order valence-electron chi connectivity index (χ2n) is 5.22. The fourth-order valence-corrected chi connectivity index (χ4v) is 2.12. The molecule has 24 heavy (non-hydrogen) atoms. The van der Waals surface area contributed by atoms with Crippen molar-refractivity contribution >= 4 is 28.9 Å². The Morgan fingerprint density at radius 1 is 0.958 bits per heavy atom. The number of nitrogens with zero attached hydrogens (tertiary/aromatic N) is 3. The Bertz CT molecular complexity index is 792. The third-order valence-corrected chi connectivity index (χ3v) is 3.93. The fourth-order valence-electron chi connectivity index (χ4n) is 1.69. The van der Waals surface area contributed by atoms with E-state index in [4.69, 9.17) is 33.7 Å². The highest BCUT2D eigenvalue weighted by atomic mass is 35.5. The predicted octanol–water partition coefficient (Wildman–Crippen LogP) is 5.41. The average molecular weight is 364 g/mol. The van der Waals surface area contributed by atoms with Crippen molar-refractivity contribution in [3.8, 4) is 12.1 Å². The Balaban J connectivity index is 0.000000254. The Kier molecular flexibility index (Phi) is 7.52. The molecule has 3 nitrogen and oxygen atoms in total. The van der Waals surface area contributed by atoms with Crippen molar-refractivity contribution in [2.75, 3.05) is 11.9 Å². The van der Waals surface area contributed by atoms with Crippen LogP contribution in [0.25, 0.3) is 0 Å². The van der Waals surface area contributed by atoms with E-state index < -0.39 is 5.82 Å². The molecule has 0 aliphatic carbocycles. The van der Waals surface area contributed by atoms with Crippen molar-refractivity contribution in [3.63, 3.8) is 0 Å². The van der Waals surface area contributed by atoms with E-state index in [0.29, 0.717) is 22.2 Å². The lowest BCUT2D eigenvalue weighted by Gasteiger charge is -2.23. The number of benzene rings is 2. The van der Waals surface area contributed by atoms with Crippen LogP contribution in [-0.4, -0.2) is 13.1 Å². The average Bonchev–Trinajstić information content (AvgIpc) is 2.54. The van der Waals surface area contributed by atoms with Crippen LogP contribution in [0.1, 0.15) is 25.0 Å². The quantitative estimate of drug-likeness (QED) is 0.716. The zero-order valence-corrected chi connectivity index (χ0v) is 15.0. The first kappa shape index (κ1) is 19.8. The highest BCUT2D eigenvalue weighted by molar-refractivity contribution is 6.32. The maximum atomic E-state index is 12.3. The van der Waals surface area contributed by atoms with Gasteiger partial charge in [0.1, 0.15) is 18.0 Å². The Morgan fingerprint density at radius 2 is 1.46 bits per heavy atom. The van der Waals surface area contributed by atoms with Crippen LogP contribution >= 0.6 is 23.2 Å². The van der Waals surface area contributed by atoms with Crippen molar-refractivity contribution < 1.29 is 4.39 Å². The van der Waals surface area contributed by atoms with Crippen LogP contribution in [0.15, 0.2) is 36.4 Å². The lowest BCUT2D eigenvalue weighted by molar-refractivity contribution is 0.628. The molecule has 2 rings (SSSR count). The number of nitriles is 2. The molecular formula is C18H16Cl2FN3. The summed E-state index contributed by atoms with van der Waals surface area (Å²) >= 11 is 11.4. The Hall–Kier alpha value is -2.27. The van der Waals surface area contributed by atoms with Gasteiger partial charge in [0.05, 0.1) is 21.2 Å². The molecule has 0 spiro atoms. The number of anilines is 1. The van der Waals surface area contributed by atoms with Crippen molar-refractivity contribution in [1.82, 2.24) is 0 Å². The molecule has 0 fully saturated rings. The van der Waals surface area contributed by atoms with Crippen LogP contribution in [0.5, 0.6) is 0 Å². The molecule has 0 radical (unpaired) electrons. The Labute approximate surface area is 151 Å². The second kappa shape index (κ2) is 9.13. The molecule has 0 aromatic heterocycles. The third kappa shape index (κ3) is 5.42. The molecule has 0 N–H and O–H groups in total. The zero-order chi connectivity index (χ0) is 18.3. The summed E-state index contributed by atoms with van der Waals surface area (Å²) in [5.74, 6) is -0.427. The van der Waals surface area contributed by atoms with E-state index in [1.807, 2.05) is 31.3 Å². The number of hydrogen-bond donors (Lipinski definition) is 0. The van der Waals surface area contributed by atoms with Gasteiger partial charge in [-0.25, -0.2) is 4.39 Å². The highest BCUT2D eigenvalue weighted by Gasteiger charge is 2.07. The largest absolute Gasteiger partial charge is 0.372 e. The molecule has 0 unspecified atom stereocenters. The van der Waals surface area contributed by atoms with Gasteiger partial charge >= 0.3 is 0 Å². The van der Waals surface area contributed by atoms with Crippen LogP contribution < -0.4 is 4.90 Å². The standard InChI is InChI=1S/C11H13ClN2.C7H3ClFN/c1-8(2)14(3)10-5-4-9(7-13)11(12)6-10;8-7-3-6(9)2-1-5(7)4-10/h4-6,8H,1-3H3;1-3H. The minimum absolute atomic E-state index is 0.155. The molecule has 0 bridgehead atoms. The first-order valence-corrected chi connectivity index (χ1v) is 7.83. The molecule has 0 saturated carbocycles. The monoisotopic (exact) mass is 363 g/mol. The molecule has 0 aliphatic heterocycles. The van der Waals surface area contributed by atoms with Gasteiger partial charge in [-0.1, -0.05) is 23.2 Å². The number of hydrogen-bond acceptors (Lipinski definition) is 3. The van der Waals surface area contributed by atoms with Gasteiger partial charge in [-0.3, -0.25) is 0 Å². The lowest BCUT2D eigenvalue weighted by Crippen LogP contribution is -2.25. The maximum Gasteiger partial charge on any atom is 0.124 e. The second-order valence-corrected chi connectivity index (χ2v) is 6.03. The van der Waals surface area contributed by atoms with Crippen molar-refractivity contribution in [2.45, 2.75) is 19.9 Å². The van der Waals surface area contributed by atoms with E-state index >= 15 is 0 Å². The maximum absolute atomic E-state index is 12.3. The molecule has 2 aromatic carbocycles. The summed E-state index contributed by atoms with van der Waals surface area (Å²) in [6.45, 7) is 4.21. The SMILES string of the molecule is CC(C)N(C)c1ccc(C#N)c(Cl)c1.N#Cc1ccc(F)cc1Cl. The molecule has 124 valence electrons. The molecular weight excluding hydrogens is 348 g/mol. The minimum Gasteiger partial charge on any atom is -0.372 e. The van der Waals surface area contributed by atoms with Gasteiger partial charge in [0, 0.05) is 18.8 Å².